The summed E-state index contributed by atoms with van der Waals surface area (Å²) in [5.41, 5.74) is 8.21. The van der Waals surface area contributed by atoms with Gasteiger partial charge in [-0.1, -0.05) is 12.1 Å². The molecule has 0 saturated heterocycles. The first-order chi connectivity index (χ1) is 9.54. The lowest BCUT2D eigenvalue weighted by Gasteiger charge is -2.22. The molecule has 2 aromatic rings. The van der Waals surface area contributed by atoms with E-state index in [2.05, 4.69) is 0 Å². The molecule has 0 aromatic heterocycles. The lowest BCUT2D eigenvalue weighted by Crippen LogP contribution is -2.31. The lowest BCUT2D eigenvalue weighted by atomic mass is 10.1. The van der Waals surface area contributed by atoms with E-state index in [1.54, 1.807) is 42.2 Å². The number of carbonyl (C=O) groups is 1. The number of phenolic OH excluding ortho intramolecular Hbond substituents is 1. The summed E-state index contributed by atoms with van der Waals surface area (Å²) in [6.45, 7) is 4.16. The van der Waals surface area contributed by atoms with Gasteiger partial charge in [0.25, 0.3) is 5.91 Å². The summed E-state index contributed by atoms with van der Waals surface area (Å²) in [4.78, 5) is 14.3. The zero-order valence-electron chi connectivity index (χ0n) is 11.6. The third-order valence-corrected chi connectivity index (χ3v) is 3.28. The fraction of sp³-hybridized carbons (Fsp3) is 0.188. The number of carbonyl (C=O) groups excluding carboxylic acids is 1. The van der Waals surface area contributed by atoms with Crippen molar-refractivity contribution in [1.29, 1.82) is 0 Å². The van der Waals surface area contributed by atoms with Crippen LogP contribution in [0.25, 0.3) is 0 Å². The van der Waals surface area contributed by atoms with Gasteiger partial charge >= 0.3 is 0 Å². The van der Waals surface area contributed by atoms with Crippen molar-refractivity contribution in [3.8, 4) is 5.75 Å². The third-order valence-electron chi connectivity index (χ3n) is 3.28. The first-order valence-electron chi connectivity index (χ1n) is 6.50. The number of phenols is 1. The van der Waals surface area contributed by atoms with Gasteiger partial charge in [0.1, 0.15) is 5.75 Å². The minimum atomic E-state index is -0.147. The molecule has 0 bridgehead atoms. The van der Waals surface area contributed by atoms with E-state index in [0.29, 0.717) is 23.4 Å². The smallest absolute Gasteiger partial charge is 0.258 e. The summed E-state index contributed by atoms with van der Waals surface area (Å²) in [7, 11) is 0. The van der Waals surface area contributed by atoms with Gasteiger partial charge in [0, 0.05) is 29.0 Å². The van der Waals surface area contributed by atoms with Crippen LogP contribution in [0.4, 0.5) is 11.4 Å². The number of aromatic hydroxyl groups is 1. The highest BCUT2D eigenvalue weighted by atomic mass is 16.3. The van der Waals surface area contributed by atoms with E-state index < -0.39 is 0 Å². The topological polar surface area (TPSA) is 66.6 Å². The molecule has 4 nitrogen and oxygen atoms in total. The molecule has 2 rings (SSSR count). The van der Waals surface area contributed by atoms with Crippen LogP contribution in [0.1, 0.15) is 22.8 Å². The van der Waals surface area contributed by atoms with E-state index >= 15 is 0 Å². The second-order valence-electron chi connectivity index (χ2n) is 4.59. The molecular weight excluding hydrogens is 252 g/mol. The van der Waals surface area contributed by atoms with E-state index in [1.165, 1.54) is 0 Å². The summed E-state index contributed by atoms with van der Waals surface area (Å²) < 4.78 is 0. The number of nitrogen functional groups attached to an aromatic ring is 1. The molecule has 0 spiro atoms. The zero-order chi connectivity index (χ0) is 14.7. The number of nitrogens with zero attached hydrogens (tertiary/aromatic N) is 1. The van der Waals surface area contributed by atoms with Crippen molar-refractivity contribution < 1.29 is 9.90 Å². The molecule has 0 aliphatic rings. The Morgan fingerprint density at radius 3 is 2.60 bits per heavy atom. The van der Waals surface area contributed by atoms with Gasteiger partial charge in [-0.15, -0.1) is 0 Å². The van der Waals surface area contributed by atoms with Crippen molar-refractivity contribution in [2.24, 2.45) is 0 Å². The molecule has 0 heterocycles. The number of anilines is 2. The third kappa shape index (κ3) is 2.59. The van der Waals surface area contributed by atoms with E-state index in [-0.39, 0.29) is 11.7 Å². The van der Waals surface area contributed by atoms with Gasteiger partial charge in [0.2, 0.25) is 0 Å². The average molecular weight is 270 g/mol. The standard InChI is InChI=1S/C16H18N2O2/c1-3-18(13-7-4-6-12(17)10-13)16(20)14-8-5-9-15(19)11(14)2/h4-10,19H,3,17H2,1-2H3. The normalized spacial score (nSPS) is 10.3. The molecule has 4 heteroatoms. The van der Waals surface area contributed by atoms with Gasteiger partial charge in [-0.05, 0) is 44.2 Å². The quantitative estimate of drug-likeness (QED) is 0.843. The van der Waals surface area contributed by atoms with Crippen molar-refractivity contribution in [3.63, 3.8) is 0 Å². The maximum atomic E-state index is 12.6. The van der Waals surface area contributed by atoms with Gasteiger partial charge in [-0.2, -0.15) is 0 Å². The molecule has 3 N–H and O–H groups in total. The highest BCUT2D eigenvalue weighted by Gasteiger charge is 2.19. The van der Waals surface area contributed by atoms with Crippen LogP contribution in [-0.2, 0) is 0 Å². The maximum absolute atomic E-state index is 12.6. The molecule has 0 unspecified atom stereocenters. The predicted molar refractivity (Wildman–Crippen MR) is 81.0 cm³/mol. The Hall–Kier alpha value is -2.49. The van der Waals surface area contributed by atoms with Crippen molar-refractivity contribution >= 4 is 17.3 Å². The van der Waals surface area contributed by atoms with E-state index in [9.17, 15) is 9.90 Å². The van der Waals surface area contributed by atoms with Gasteiger partial charge in [0.05, 0.1) is 0 Å². The Labute approximate surface area is 118 Å². The lowest BCUT2D eigenvalue weighted by molar-refractivity contribution is 0.0987. The van der Waals surface area contributed by atoms with E-state index in [1.807, 2.05) is 19.1 Å². The van der Waals surface area contributed by atoms with Crippen molar-refractivity contribution in [2.45, 2.75) is 13.8 Å². The van der Waals surface area contributed by atoms with Crippen molar-refractivity contribution in [1.82, 2.24) is 0 Å². The minimum absolute atomic E-state index is 0.125. The molecular formula is C16H18N2O2. The molecule has 0 aliphatic carbocycles. The predicted octanol–water partition coefficient (Wildman–Crippen LogP) is 2.95. The Kier molecular flexibility index (Phi) is 3.94. The number of rotatable bonds is 3. The number of nitrogens with two attached hydrogens (primary N) is 1. The van der Waals surface area contributed by atoms with Crippen LogP contribution in [0.3, 0.4) is 0 Å². The fourth-order valence-corrected chi connectivity index (χ4v) is 2.14. The van der Waals surface area contributed by atoms with Gasteiger partial charge in [-0.25, -0.2) is 0 Å². The first kappa shape index (κ1) is 13.9. The fourth-order valence-electron chi connectivity index (χ4n) is 2.14. The molecule has 0 aliphatic heterocycles. The summed E-state index contributed by atoms with van der Waals surface area (Å²) in [5.74, 6) is -0.0222. The van der Waals surface area contributed by atoms with Crippen LogP contribution < -0.4 is 10.6 Å². The maximum Gasteiger partial charge on any atom is 0.258 e. The Morgan fingerprint density at radius 1 is 1.25 bits per heavy atom. The Morgan fingerprint density at radius 2 is 1.95 bits per heavy atom. The second-order valence-corrected chi connectivity index (χ2v) is 4.59. The van der Waals surface area contributed by atoms with Crippen LogP contribution in [0.15, 0.2) is 42.5 Å². The molecule has 20 heavy (non-hydrogen) atoms. The molecule has 0 saturated carbocycles. The summed E-state index contributed by atoms with van der Waals surface area (Å²) in [6.07, 6.45) is 0. The van der Waals surface area contributed by atoms with Crippen molar-refractivity contribution in [3.05, 3.63) is 53.6 Å². The number of hydrogen-bond acceptors (Lipinski definition) is 3. The molecule has 0 atom stereocenters. The monoisotopic (exact) mass is 270 g/mol. The molecule has 2 aromatic carbocycles. The van der Waals surface area contributed by atoms with Crippen LogP contribution in [0, 0.1) is 6.92 Å². The van der Waals surface area contributed by atoms with Crippen LogP contribution in [0.2, 0.25) is 0 Å². The zero-order valence-corrected chi connectivity index (χ0v) is 11.6. The van der Waals surface area contributed by atoms with Gasteiger partial charge < -0.3 is 15.7 Å². The average Bonchev–Trinajstić information content (AvgIpc) is 2.42. The SMILES string of the molecule is CCN(C(=O)c1cccc(O)c1C)c1cccc(N)c1. The summed E-state index contributed by atoms with van der Waals surface area (Å²) >= 11 is 0. The van der Waals surface area contributed by atoms with Crippen LogP contribution in [0.5, 0.6) is 5.75 Å². The molecule has 0 fully saturated rings. The highest BCUT2D eigenvalue weighted by Crippen LogP contribution is 2.24. The van der Waals surface area contributed by atoms with E-state index in [0.717, 1.165) is 5.69 Å². The largest absolute Gasteiger partial charge is 0.508 e. The first-order valence-corrected chi connectivity index (χ1v) is 6.50. The minimum Gasteiger partial charge on any atom is -0.508 e. The number of benzene rings is 2. The molecule has 1 amide bonds. The Balaban J connectivity index is 2.42. The van der Waals surface area contributed by atoms with Gasteiger partial charge in [0.15, 0.2) is 0 Å². The van der Waals surface area contributed by atoms with Crippen LogP contribution >= 0.6 is 0 Å². The number of amides is 1. The summed E-state index contributed by atoms with van der Waals surface area (Å²) in [6, 6.07) is 12.2. The Bertz CT molecular complexity index is 638. The van der Waals surface area contributed by atoms with Gasteiger partial charge in [-0.3, -0.25) is 4.79 Å². The highest BCUT2D eigenvalue weighted by molar-refractivity contribution is 6.07. The molecule has 0 radical (unpaired) electrons. The van der Waals surface area contributed by atoms with E-state index in [4.69, 9.17) is 5.73 Å². The second kappa shape index (κ2) is 5.65. The van der Waals surface area contributed by atoms with Crippen molar-refractivity contribution in [2.75, 3.05) is 17.2 Å². The van der Waals surface area contributed by atoms with Crippen LogP contribution in [-0.4, -0.2) is 17.6 Å². The molecule has 104 valence electrons. The number of hydrogen-bond donors (Lipinski definition) is 2. The summed E-state index contributed by atoms with van der Waals surface area (Å²) in [5, 5.41) is 9.73.